The van der Waals surface area contributed by atoms with Crippen LogP contribution in [0.4, 0.5) is 15.9 Å². The molecule has 2 heterocycles. The first-order valence-electron chi connectivity index (χ1n) is 8.16. The van der Waals surface area contributed by atoms with Gasteiger partial charge in [-0.2, -0.15) is 0 Å². The molecular formula is C18H21FN4O2. The molecule has 1 amide bonds. The fourth-order valence-electron chi connectivity index (χ4n) is 2.87. The summed E-state index contributed by atoms with van der Waals surface area (Å²) in [6.07, 6.45) is -0.313. The van der Waals surface area contributed by atoms with Gasteiger partial charge in [0.2, 0.25) is 5.91 Å². The van der Waals surface area contributed by atoms with E-state index in [0.717, 1.165) is 0 Å². The van der Waals surface area contributed by atoms with Gasteiger partial charge in [0.15, 0.2) is 0 Å². The van der Waals surface area contributed by atoms with Crippen molar-refractivity contribution in [2.75, 3.05) is 31.6 Å². The highest BCUT2D eigenvalue weighted by Crippen LogP contribution is 2.28. The quantitative estimate of drug-likeness (QED) is 0.857. The van der Waals surface area contributed by atoms with Crippen LogP contribution in [0, 0.1) is 12.7 Å². The van der Waals surface area contributed by atoms with Crippen LogP contribution in [0.3, 0.4) is 0 Å². The van der Waals surface area contributed by atoms with Crippen molar-refractivity contribution in [1.29, 1.82) is 0 Å². The van der Waals surface area contributed by atoms with Crippen molar-refractivity contribution >= 4 is 17.4 Å². The molecule has 6 nitrogen and oxygen atoms in total. The maximum absolute atomic E-state index is 14.1. The summed E-state index contributed by atoms with van der Waals surface area (Å²) in [5.74, 6) is 0.845. The van der Waals surface area contributed by atoms with Gasteiger partial charge in [0.05, 0.1) is 24.5 Å². The molecule has 0 spiro atoms. The van der Waals surface area contributed by atoms with Crippen LogP contribution in [-0.2, 0) is 9.53 Å². The van der Waals surface area contributed by atoms with Gasteiger partial charge in [-0.3, -0.25) is 4.79 Å². The number of hydrogen-bond acceptors (Lipinski definition) is 5. The minimum absolute atomic E-state index is 0.0165. The Morgan fingerprint density at radius 3 is 2.84 bits per heavy atom. The zero-order valence-corrected chi connectivity index (χ0v) is 14.6. The first-order chi connectivity index (χ1) is 12.0. The van der Waals surface area contributed by atoms with Crippen LogP contribution in [0.2, 0.25) is 0 Å². The van der Waals surface area contributed by atoms with E-state index in [1.54, 1.807) is 55.0 Å². The molecule has 0 radical (unpaired) electrons. The third kappa shape index (κ3) is 3.76. The standard InChI is InChI=1S/C18H21FN4O2/c1-12-20-15(17-11-23(13(2)24)8-9-25-17)10-18(21-12)22(3)16-7-5-4-6-14(16)19/h4-7,10,17H,8-9,11H2,1-3H3/t17-/m1/s1. The van der Waals surface area contributed by atoms with Crippen LogP contribution in [0.5, 0.6) is 0 Å². The van der Waals surface area contributed by atoms with Crippen LogP contribution in [0.25, 0.3) is 0 Å². The molecule has 1 saturated heterocycles. The third-order valence-corrected chi connectivity index (χ3v) is 4.24. The van der Waals surface area contributed by atoms with Gasteiger partial charge < -0.3 is 14.5 Å². The minimum atomic E-state index is -0.320. The van der Waals surface area contributed by atoms with Gasteiger partial charge in [0.25, 0.3) is 0 Å². The smallest absolute Gasteiger partial charge is 0.219 e. The number of rotatable bonds is 3. The van der Waals surface area contributed by atoms with Crippen molar-refractivity contribution in [2.45, 2.75) is 20.0 Å². The zero-order chi connectivity index (χ0) is 18.0. The Hall–Kier alpha value is -2.54. The number of nitrogens with zero attached hydrogens (tertiary/aromatic N) is 4. The van der Waals surface area contributed by atoms with E-state index < -0.39 is 0 Å². The minimum Gasteiger partial charge on any atom is -0.368 e. The van der Waals surface area contributed by atoms with Crippen molar-refractivity contribution < 1.29 is 13.9 Å². The Labute approximate surface area is 146 Å². The van der Waals surface area contributed by atoms with Gasteiger partial charge in [0.1, 0.15) is 23.6 Å². The molecule has 0 saturated carbocycles. The van der Waals surface area contributed by atoms with Crippen molar-refractivity contribution in [2.24, 2.45) is 0 Å². The van der Waals surface area contributed by atoms with Crippen LogP contribution < -0.4 is 4.90 Å². The Morgan fingerprint density at radius 1 is 1.36 bits per heavy atom. The number of amides is 1. The first-order valence-corrected chi connectivity index (χ1v) is 8.16. The zero-order valence-electron chi connectivity index (χ0n) is 14.6. The highest BCUT2D eigenvalue weighted by molar-refractivity contribution is 5.73. The highest BCUT2D eigenvalue weighted by atomic mass is 19.1. The lowest BCUT2D eigenvalue weighted by atomic mass is 10.2. The number of halogens is 1. The molecule has 7 heteroatoms. The molecule has 2 aromatic rings. The van der Waals surface area contributed by atoms with Gasteiger partial charge in [-0.1, -0.05) is 12.1 Å². The van der Waals surface area contributed by atoms with Crippen LogP contribution in [-0.4, -0.2) is 47.5 Å². The molecule has 1 aliphatic rings. The van der Waals surface area contributed by atoms with Crippen LogP contribution in [0.1, 0.15) is 24.5 Å². The summed E-state index contributed by atoms with van der Waals surface area (Å²) >= 11 is 0. The van der Waals surface area contributed by atoms with Crippen LogP contribution >= 0.6 is 0 Å². The van der Waals surface area contributed by atoms with Gasteiger partial charge in [-0.15, -0.1) is 0 Å². The summed E-state index contributed by atoms with van der Waals surface area (Å²) < 4.78 is 19.9. The Kier molecular flexibility index (Phi) is 4.94. The number of morpholine rings is 1. The second kappa shape index (κ2) is 7.14. The Balaban J connectivity index is 1.90. The molecule has 0 aliphatic carbocycles. The van der Waals surface area contributed by atoms with E-state index in [2.05, 4.69) is 9.97 Å². The number of carbonyl (C=O) groups excluding carboxylic acids is 1. The molecule has 1 aliphatic heterocycles. The lowest BCUT2D eigenvalue weighted by Gasteiger charge is -2.32. The van der Waals surface area contributed by atoms with Crippen molar-refractivity contribution in [3.05, 3.63) is 47.7 Å². The molecule has 0 N–H and O–H groups in total. The summed E-state index contributed by atoms with van der Waals surface area (Å²) in [6.45, 7) is 4.83. The molecule has 0 bridgehead atoms. The second-order valence-electron chi connectivity index (χ2n) is 6.03. The van der Waals surface area contributed by atoms with Gasteiger partial charge in [0, 0.05) is 26.6 Å². The Bertz CT molecular complexity index is 783. The number of carbonyl (C=O) groups is 1. The monoisotopic (exact) mass is 344 g/mol. The lowest BCUT2D eigenvalue weighted by molar-refractivity contribution is -0.136. The summed E-state index contributed by atoms with van der Waals surface area (Å²) in [5.41, 5.74) is 1.12. The summed E-state index contributed by atoms with van der Waals surface area (Å²) in [5, 5.41) is 0. The van der Waals surface area contributed by atoms with Gasteiger partial charge in [-0.25, -0.2) is 14.4 Å². The second-order valence-corrected chi connectivity index (χ2v) is 6.03. The molecule has 1 fully saturated rings. The van der Waals surface area contributed by atoms with Crippen molar-refractivity contribution in [3.8, 4) is 0 Å². The maximum Gasteiger partial charge on any atom is 0.219 e. The maximum atomic E-state index is 14.1. The first kappa shape index (κ1) is 17.3. The molecule has 25 heavy (non-hydrogen) atoms. The van der Waals surface area contributed by atoms with E-state index in [1.807, 2.05) is 0 Å². The predicted octanol–water partition coefficient (Wildman–Crippen LogP) is 2.61. The summed E-state index contributed by atoms with van der Waals surface area (Å²) in [7, 11) is 1.76. The average Bonchev–Trinajstić information content (AvgIpc) is 2.61. The number of hydrogen-bond donors (Lipinski definition) is 0. The van der Waals surface area contributed by atoms with E-state index in [4.69, 9.17) is 4.74 Å². The third-order valence-electron chi connectivity index (χ3n) is 4.24. The van der Waals surface area contributed by atoms with E-state index in [9.17, 15) is 9.18 Å². The molecule has 132 valence electrons. The summed E-state index contributed by atoms with van der Waals surface area (Å²) in [6, 6.07) is 8.32. The number of anilines is 2. The van der Waals surface area contributed by atoms with E-state index in [0.29, 0.717) is 42.7 Å². The lowest BCUT2D eigenvalue weighted by Crippen LogP contribution is -2.41. The van der Waals surface area contributed by atoms with Gasteiger partial charge >= 0.3 is 0 Å². The average molecular weight is 344 g/mol. The molecule has 0 unspecified atom stereocenters. The molecule has 1 aromatic carbocycles. The largest absolute Gasteiger partial charge is 0.368 e. The van der Waals surface area contributed by atoms with Crippen molar-refractivity contribution in [3.63, 3.8) is 0 Å². The van der Waals surface area contributed by atoms with E-state index in [1.165, 1.54) is 6.07 Å². The van der Waals surface area contributed by atoms with E-state index >= 15 is 0 Å². The Morgan fingerprint density at radius 2 is 2.12 bits per heavy atom. The number of para-hydroxylation sites is 1. The van der Waals surface area contributed by atoms with Gasteiger partial charge in [-0.05, 0) is 19.1 Å². The topological polar surface area (TPSA) is 58.6 Å². The van der Waals surface area contributed by atoms with E-state index in [-0.39, 0.29) is 17.8 Å². The van der Waals surface area contributed by atoms with Crippen LogP contribution in [0.15, 0.2) is 30.3 Å². The van der Waals surface area contributed by atoms with Crippen molar-refractivity contribution in [1.82, 2.24) is 14.9 Å². The molecule has 3 rings (SSSR count). The number of aryl methyl sites for hydroxylation is 1. The summed E-state index contributed by atoms with van der Waals surface area (Å²) in [4.78, 5) is 23.9. The fraction of sp³-hybridized carbons (Fsp3) is 0.389. The highest BCUT2D eigenvalue weighted by Gasteiger charge is 2.26. The molecule has 1 atom stereocenters. The SMILES string of the molecule is CC(=O)N1CCO[C@@H](c2cc(N(C)c3ccccc3F)nc(C)n2)C1. The molecular weight excluding hydrogens is 323 g/mol. The number of ether oxygens (including phenoxy) is 1. The normalized spacial score (nSPS) is 17.4. The molecule has 1 aromatic heterocycles. The number of benzene rings is 1. The predicted molar refractivity (Wildman–Crippen MR) is 92.2 cm³/mol. The number of aromatic nitrogens is 2. The fourth-order valence-corrected chi connectivity index (χ4v) is 2.87.